The molecule has 0 radical (unpaired) electrons. The van der Waals surface area contributed by atoms with Crippen molar-refractivity contribution in [2.24, 2.45) is 0 Å². The van der Waals surface area contributed by atoms with Crippen LogP contribution in [0.1, 0.15) is 26.3 Å². The van der Waals surface area contributed by atoms with Crippen LogP contribution in [0.4, 0.5) is 0 Å². The number of ether oxygens (including phenoxy) is 2. The fraction of sp³-hybridized carbons (Fsp3) is 0.562. The summed E-state index contributed by atoms with van der Waals surface area (Å²) in [6.45, 7) is 7.58. The van der Waals surface area contributed by atoms with Crippen LogP contribution >= 0.6 is 0 Å². The summed E-state index contributed by atoms with van der Waals surface area (Å²) < 4.78 is 10.9. The molecule has 1 aromatic carbocycles. The van der Waals surface area contributed by atoms with Gasteiger partial charge in [0.15, 0.2) is 18.1 Å². The van der Waals surface area contributed by atoms with Crippen LogP contribution in [0.25, 0.3) is 0 Å². The van der Waals surface area contributed by atoms with E-state index in [1.807, 2.05) is 25.1 Å². The monoisotopic (exact) mass is 294 g/mol. The summed E-state index contributed by atoms with van der Waals surface area (Å²) in [6, 6.07) is 6.17. The van der Waals surface area contributed by atoms with Gasteiger partial charge in [0.1, 0.15) is 0 Å². The molecule has 0 saturated carbocycles. The molecule has 0 saturated heterocycles. The maximum atomic E-state index is 11.7. The van der Waals surface area contributed by atoms with Crippen molar-refractivity contribution in [1.82, 2.24) is 10.2 Å². The van der Waals surface area contributed by atoms with Crippen molar-refractivity contribution < 1.29 is 14.3 Å². The zero-order chi connectivity index (χ0) is 15.8. The summed E-state index contributed by atoms with van der Waals surface area (Å²) in [7, 11) is 3.35. The number of hydrogen-bond acceptors (Lipinski definition) is 4. The first kappa shape index (κ1) is 17.3. The van der Waals surface area contributed by atoms with Gasteiger partial charge in [0, 0.05) is 26.2 Å². The van der Waals surface area contributed by atoms with Crippen molar-refractivity contribution in [3.63, 3.8) is 0 Å². The summed E-state index contributed by atoms with van der Waals surface area (Å²) in [5, 5.41) is 3.35. The second kappa shape index (κ2) is 8.52. The van der Waals surface area contributed by atoms with E-state index in [1.54, 1.807) is 19.1 Å². The smallest absolute Gasteiger partial charge is 0.260 e. The Labute approximate surface area is 127 Å². The van der Waals surface area contributed by atoms with Gasteiger partial charge in [-0.2, -0.15) is 0 Å². The third kappa shape index (κ3) is 5.63. The van der Waals surface area contributed by atoms with Gasteiger partial charge >= 0.3 is 0 Å². The van der Waals surface area contributed by atoms with Crippen molar-refractivity contribution in [3.8, 4) is 11.5 Å². The molecular formula is C16H26N2O3. The molecule has 1 aromatic rings. The van der Waals surface area contributed by atoms with Gasteiger partial charge in [0.2, 0.25) is 0 Å². The number of hydrogen-bond donors (Lipinski definition) is 1. The van der Waals surface area contributed by atoms with E-state index in [2.05, 4.69) is 19.2 Å². The van der Waals surface area contributed by atoms with Crippen molar-refractivity contribution >= 4 is 5.91 Å². The standard InChI is InChI=1S/C16H26N2O3/c1-6-18(4)16(19)11-21-14-8-7-13(9-15(14)20-5)10-17-12(2)3/h7-9,12,17H,6,10-11H2,1-5H3. The third-order valence-electron chi connectivity index (χ3n) is 3.19. The Morgan fingerprint density at radius 1 is 1.33 bits per heavy atom. The predicted molar refractivity (Wildman–Crippen MR) is 83.8 cm³/mol. The molecule has 5 heteroatoms. The molecule has 0 fully saturated rings. The average molecular weight is 294 g/mol. The van der Waals surface area contributed by atoms with Crippen molar-refractivity contribution in [2.75, 3.05) is 27.3 Å². The van der Waals surface area contributed by atoms with E-state index < -0.39 is 0 Å². The Kier molecular flexibility index (Phi) is 7.02. The first-order valence-corrected chi connectivity index (χ1v) is 7.25. The number of likely N-dealkylation sites (N-methyl/N-ethyl adjacent to an activating group) is 1. The average Bonchev–Trinajstić information content (AvgIpc) is 2.49. The third-order valence-corrected chi connectivity index (χ3v) is 3.19. The molecule has 1 N–H and O–H groups in total. The van der Waals surface area contributed by atoms with Gasteiger partial charge < -0.3 is 19.7 Å². The van der Waals surface area contributed by atoms with Gasteiger partial charge in [-0.3, -0.25) is 4.79 Å². The molecule has 0 atom stereocenters. The lowest BCUT2D eigenvalue weighted by molar-refractivity contribution is -0.131. The molecule has 0 spiro atoms. The van der Waals surface area contributed by atoms with Crippen LogP contribution in [-0.4, -0.2) is 44.2 Å². The summed E-state index contributed by atoms with van der Waals surface area (Å²) in [4.78, 5) is 13.4. The minimum Gasteiger partial charge on any atom is -0.493 e. The summed E-state index contributed by atoms with van der Waals surface area (Å²) in [5.74, 6) is 1.18. The number of nitrogens with one attached hydrogen (secondary N) is 1. The SMILES string of the molecule is CCN(C)C(=O)COc1ccc(CNC(C)C)cc1OC. The molecule has 1 amide bonds. The highest BCUT2D eigenvalue weighted by Gasteiger charge is 2.11. The van der Waals surface area contributed by atoms with E-state index in [0.29, 0.717) is 24.1 Å². The number of carbonyl (C=O) groups is 1. The molecule has 0 heterocycles. The highest BCUT2D eigenvalue weighted by atomic mass is 16.5. The van der Waals surface area contributed by atoms with Crippen molar-refractivity contribution in [2.45, 2.75) is 33.4 Å². The molecule has 118 valence electrons. The summed E-state index contributed by atoms with van der Waals surface area (Å²) in [5.41, 5.74) is 1.12. The Hall–Kier alpha value is -1.75. The van der Waals surface area contributed by atoms with Crippen LogP contribution in [0.5, 0.6) is 11.5 Å². The lowest BCUT2D eigenvalue weighted by Gasteiger charge is -2.16. The Bertz CT molecular complexity index is 461. The minimum atomic E-state index is -0.0508. The van der Waals surface area contributed by atoms with Crippen LogP contribution in [0.3, 0.4) is 0 Å². The highest BCUT2D eigenvalue weighted by Crippen LogP contribution is 2.28. The maximum absolute atomic E-state index is 11.7. The Balaban J connectivity index is 2.68. The van der Waals surface area contributed by atoms with Crippen LogP contribution in [0.2, 0.25) is 0 Å². The van der Waals surface area contributed by atoms with Crippen LogP contribution in [0.15, 0.2) is 18.2 Å². The van der Waals surface area contributed by atoms with Crippen molar-refractivity contribution in [1.29, 1.82) is 0 Å². The van der Waals surface area contributed by atoms with Crippen LogP contribution < -0.4 is 14.8 Å². The van der Waals surface area contributed by atoms with Gasteiger partial charge in [-0.15, -0.1) is 0 Å². The van der Waals surface area contributed by atoms with E-state index in [0.717, 1.165) is 12.1 Å². The zero-order valence-corrected chi connectivity index (χ0v) is 13.6. The topological polar surface area (TPSA) is 50.8 Å². The maximum Gasteiger partial charge on any atom is 0.260 e. The van der Waals surface area contributed by atoms with E-state index in [4.69, 9.17) is 9.47 Å². The van der Waals surface area contributed by atoms with E-state index in [-0.39, 0.29) is 12.5 Å². The fourth-order valence-electron chi connectivity index (χ4n) is 1.69. The molecule has 0 aliphatic carbocycles. The zero-order valence-electron chi connectivity index (χ0n) is 13.6. The first-order chi connectivity index (χ1) is 9.97. The van der Waals surface area contributed by atoms with E-state index in [9.17, 15) is 4.79 Å². The molecule has 1 rings (SSSR count). The normalized spacial score (nSPS) is 10.6. The fourth-order valence-corrected chi connectivity index (χ4v) is 1.69. The molecule has 0 bridgehead atoms. The van der Waals surface area contributed by atoms with E-state index >= 15 is 0 Å². The summed E-state index contributed by atoms with van der Waals surface area (Å²) in [6.07, 6.45) is 0. The summed E-state index contributed by atoms with van der Waals surface area (Å²) >= 11 is 0. The van der Waals surface area contributed by atoms with Crippen LogP contribution in [0, 0.1) is 0 Å². The number of rotatable bonds is 8. The molecule has 0 aliphatic heterocycles. The quantitative estimate of drug-likeness (QED) is 0.797. The molecular weight excluding hydrogens is 268 g/mol. The van der Waals surface area contributed by atoms with E-state index in [1.165, 1.54) is 0 Å². The van der Waals surface area contributed by atoms with Crippen LogP contribution in [-0.2, 0) is 11.3 Å². The minimum absolute atomic E-state index is 0.0181. The Morgan fingerprint density at radius 2 is 2.05 bits per heavy atom. The number of nitrogens with zero attached hydrogens (tertiary/aromatic N) is 1. The van der Waals surface area contributed by atoms with Gasteiger partial charge in [0.25, 0.3) is 5.91 Å². The van der Waals surface area contributed by atoms with Gasteiger partial charge in [0.05, 0.1) is 7.11 Å². The largest absolute Gasteiger partial charge is 0.493 e. The lowest BCUT2D eigenvalue weighted by atomic mass is 10.2. The number of benzene rings is 1. The van der Waals surface area contributed by atoms with Gasteiger partial charge in [-0.05, 0) is 24.6 Å². The number of methoxy groups -OCH3 is 1. The first-order valence-electron chi connectivity index (χ1n) is 7.25. The van der Waals surface area contributed by atoms with Gasteiger partial charge in [-0.25, -0.2) is 0 Å². The Morgan fingerprint density at radius 3 is 2.62 bits per heavy atom. The highest BCUT2D eigenvalue weighted by molar-refractivity contribution is 5.77. The second-order valence-electron chi connectivity index (χ2n) is 5.22. The second-order valence-corrected chi connectivity index (χ2v) is 5.22. The molecule has 0 aliphatic rings. The predicted octanol–water partition coefficient (Wildman–Crippen LogP) is 2.05. The number of carbonyl (C=O) groups excluding carboxylic acids is 1. The molecule has 0 aromatic heterocycles. The number of amides is 1. The molecule has 21 heavy (non-hydrogen) atoms. The van der Waals surface area contributed by atoms with Crippen molar-refractivity contribution in [3.05, 3.63) is 23.8 Å². The molecule has 0 unspecified atom stereocenters. The van der Waals surface area contributed by atoms with Gasteiger partial charge in [-0.1, -0.05) is 19.9 Å². The molecule has 5 nitrogen and oxygen atoms in total. The lowest BCUT2D eigenvalue weighted by Crippen LogP contribution is -2.31.